The summed E-state index contributed by atoms with van der Waals surface area (Å²) in [5.74, 6) is -1.46. The van der Waals surface area contributed by atoms with Crippen LogP contribution < -0.4 is 19.1 Å². The average Bonchev–Trinajstić information content (AvgIpc) is 3.51. The molecule has 186 valence electrons. The van der Waals surface area contributed by atoms with Gasteiger partial charge in [-0.15, -0.1) is 0 Å². The number of rotatable bonds is 4. The molecular weight excluding hydrogens is 482 g/mol. The van der Waals surface area contributed by atoms with Crippen LogP contribution in [0.15, 0.2) is 30.6 Å². The van der Waals surface area contributed by atoms with E-state index in [0.717, 1.165) is 12.6 Å². The van der Waals surface area contributed by atoms with E-state index in [-0.39, 0.29) is 29.6 Å². The first kappa shape index (κ1) is 23.3. The molecular formula is C23H24F2N4O5S. The summed E-state index contributed by atoms with van der Waals surface area (Å²) in [5, 5.41) is 4.01. The molecule has 0 bridgehead atoms. The highest BCUT2D eigenvalue weighted by molar-refractivity contribution is 7.91. The van der Waals surface area contributed by atoms with Gasteiger partial charge in [-0.2, -0.15) is 5.10 Å². The highest BCUT2D eigenvalue weighted by Gasteiger charge is 2.35. The molecule has 1 N–H and O–H groups in total. The number of nitrogens with one attached hydrogen (secondary N) is 1. The quantitative estimate of drug-likeness (QED) is 0.578. The van der Waals surface area contributed by atoms with E-state index in [1.807, 2.05) is 4.72 Å². The Labute approximate surface area is 200 Å². The Morgan fingerprint density at radius 1 is 1.23 bits per heavy atom. The Balaban J connectivity index is 1.55. The molecule has 1 unspecified atom stereocenters. The van der Waals surface area contributed by atoms with Crippen molar-refractivity contribution >= 4 is 27.1 Å². The lowest BCUT2D eigenvalue weighted by Crippen LogP contribution is -2.42. The van der Waals surface area contributed by atoms with Crippen molar-refractivity contribution in [1.82, 2.24) is 14.3 Å². The number of benzene rings is 1. The van der Waals surface area contributed by atoms with Crippen LogP contribution in [0.25, 0.3) is 5.52 Å². The second-order valence-electron chi connectivity index (χ2n) is 9.49. The third-order valence-electron chi connectivity index (χ3n) is 6.27. The molecule has 0 spiro atoms. The number of carbonyl (C=O) groups is 1. The van der Waals surface area contributed by atoms with Crippen LogP contribution in [-0.2, 0) is 10.0 Å². The largest absolute Gasteiger partial charge is 0.453 e. The zero-order valence-electron chi connectivity index (χ0n) is 19.3. The van der Waals surface area contributed by atoms with Gasteiger partial charge in [0, 0.05) is 24.4 Å². The molecule has 0 radical (unpaired) electrons. The molecule has 9 nitrogen and oxygen atoms in total. The summed E-state index contributed by atoms with van der Waals surface area (Å²) in [7, 11) is -4.02. The molecule has 1 amide bonds. The zero-order valence-corrected chi connectivity index (χ0v) is 20.2. The summed E-state index contributed by atoms with van der Waals surface area (Å²) >= 11 is 0. The minimum Gasteiger partial charge on any atom is -0.453 e. The van der Waals surface area contributed by atoms with Crippen molar-refractivity contribution in [1.29, 1.82) is 0 Å². The van der Waals surface area contributed by atoms with E-state index >= 15 is 4.39 Å². The maximum absolute atomic E-state index is 15.9. The minimum absolute atomic E-state index is 0.0232. The number of halogens is 2. The van der Waals surface area contributed by atoms with Crippen LogP contribution in [-0.4, -0.2) is 42.0 Å². The summed E-state index contributed by atoms with van der Waals surface area (Å²) in [6.45, 7) is 4.80. The number of pyridine rings is 1. The number of hydrogen-bond acceptors (Lipinski definition) is 7. The van der Waals surface area contributed by atoms with E-state index in [4.69, 9.17) is 9.47 Å². The third-order valence-corrected chi connectivity index (χ3v) is 8.33. The molecule has 2 aliphatic rings. The van der Waals surface area contributed by atoms with E-state index in [1.165, 1.54) is 49.7 Å². The van der Waals surface area contributed by atoms with Gasteiger partial charge < -0.3 is 14.4 Å². The Kier molecular flexibility index (Phi) is 5.38. The lowest BCUT2D eigenvalue weighted by molar-refractivity contribution is 0.0982. The van der Waals surface area contributed by atoms with E-state index in [1.54, 1.807) is 4.90 Å². The zero-order chi connectivity index (χ0) is 25.1. The fourth-order valence-electron chi connectivity index (χ4n) is 4.38. The molecule has 2 aliphatic heterocycles. The molecule has 1 saturated heterocycles. The number of aromatic nitrogens is 2. The first-order valence-electron chi connectivity index (χ1n) is 11.1. The Hall–Kier alpha value is -3.41. The van der Waals surface area contributed by atoms with Crippen LogP contribution in [0.2, 0.25) is 0 Å². The number of sulfonamides is 1. The van der Waals surface area contributed by atoms with E-state index in [2.05, 4.69) is 5.10 Å². The maximum Gasteiger partial charge on any atom is 0.268 e. The van der Waals surface area contributed by atoms with Crippen molar-refractivity contribution in [3.8, 4) is 11.5 Å². The van der Waals surface area contributed by atoms with Crippen molar-refractivity contribution in [2.45, 2.75) is 44.4 Å². The van der Waals surface area contributed by atoms with E-state index in [0.29, 0.717) is 30.0 Å². The molecule has 0 saturated carbocycles. The topological polar surface area (TPSA) is 102 Å². The molecule has 35 heavy (non-hydrogen) atoms. The van der Waals surface area contributed by atoms with Gasteiger partial charge >= 0.3 is 0 Å². The summed E-state index contributed by atoms with van der Waals surface area (Å²) in [4.78, 5) is 14.6. The normalized spacial score (nSPS) is 17.9. The number of nitrogens with zero attached hydrogens (tertiary/aromatic N) is 3. The Bertz CT molecular complexity index is 1450. The molecule has 1 atom stereocenters. The van der Waals surface area contributed by atoms with Crippen LogP contribution >= 0.6 is 0 Å². The predicted molar refractivity (Wildman–Crippen MR) is 123 cm³/mol. The lowest BCUT2D eigenvalue weighted by atomic mass is 10.0. The molecule has 1 aromatic carbocycles. The van der Waals surface area contributed by atoms with Crippen molar-refractivity contribution in [2.75, 3.05) is 18.2 Å². The molecule has 0 aliphatic carbocycles. The van der Waals surface area contributed by atoms with Gasteiger partial charge in [-0.3, -0.25) is 4.79 Å². The van der Waals surface area contributed by atoms with Gasteiger partial charge in [0.2, 0.25) is 16.8 Å². The van der Waals surface area contributed by atoms with Gasteiger partial charge in [0.25, 0.3) is 5.91 Å². The number of anilines is 1. The van der Waals surface area contributed by atoms with Gasteiger partial charge in [0.15, 0.2) is 17.3 Å². The molecule has 5 rings (SSSR count). The van der Waals surface area contributed by atoms with Crippen LogP contribution in [0, 0.1) is 11.6 Å². The molecule has 1 fully saturated rings. The molecule has 2 aromatic heterocycles. The maximum atomic E-state index is 15.9. The fourth-order valence-corrected chi connectivity index (χ4v) is 5.04. The predicted octanol–water partition coefficient (Wildman–Crippen LogP) is 3.54. The monoisotopic (exact) mass is 506 g/mol. The van der Waals surface area contributed by atoms with Gasteiger partial charge in [-0.1, -0.05) is 0 Å². The first-order valence-corrected chi connectivity index (χ1v) is 12.5. The Morgan fingerprint density at radius 3 is 2.74 bits per heavy atom. The standard InChI is InChI=1S/C23H24F2N4O5S/c1-23(2,3)35(31,32)27-22(30)15-11-26-29-8-6-17(19(25)20(15)29)28-7-4-5-16(28)14-9-13(24)10-18-21(14)34-12-33-18/h6,8-11,16H,4-5,7,12H2,1-3H3,(H,27,30). The minimum atomic E-state index is -4.02. The summed E-state index contributed by atoms with van der Waals surface area (Å²) in [6, 6.07) is 3.75. The molecule has 3 aromatic rings. The van der Waals surface area contributed by atoms with Crippen molar-refractivity contribution < 1.29 is 31.5 Å². The van der Waals surface area contributed by atoms with Crippen molar-refractivity contribution in [3.63, 3.8) is 0 Å². The van der Waals surface area contributed by atoms with Crippen LogP contribution in [0.1, 0.15) is 55.6 Å². The number of hydrogen-bond donors (Lipinski definition) is 1. The number of carbonyl (C=O) groups excluding carboxylic acids is 1. The number of fused-ring (bicyclic) bond motifs is 2. The number of amides is 1. The lowest BCUT2D eigenvalue weighted by Gasteiger charge is -2.28. The van der Waals surface area contributed by atoms with Crippen LogP contribution in [0.4, 0.5) is 14.5 Å². The smallest absolute Gasteiger partial charge is 0.268 e. The first-order chi connectivity index (χ1) is 16.5. The SMILES string of the molecule is CC(C)(C)S(=O)(=O)NC(=O)c1cnn2ccc(N3CCCC3c3cc(F)cc4c3OCO4)c(F)c12. The third kappa shape index (κ3) is 3.85. The van der Waals surface area contributed by atoms with Gasteiger partial charge in [0.05, 0.1) is 28.2 Å². The van der Waals surface area contributed by atoms with Crippen molar-refractivity contribution in [3.05, 3.63) is 53.4 Å². The van der Waals surface area contributed by atoms with Crippen LogP contribution in [0.3, 0.4) is 0 Å². The molecule has 12 heteroatoms. The highest BCUT2D eigenvalue weighted by atomic mass is 32.2. The molecule has 4 heterocycles. The van der Waals surface area contributed by atoms with Gasteiger partial charge in [0.1, 0.15) is 11.3 Å². The van der Waals surface area contributed by atoms with Crippen LogP contribution in [0.5, 0.6) is 11.5 Å². The van der Waals surface area contributed by atoms with Gasteiger partial charge in [-0.05, 0) is 45.7 Å². The summed E-state index contributed by atoms with van der Waals surface area (Å²) < 4.78 is 68.0. The number of ether oxygens (including phenoxy) is 2. The van der Waals surface area contributed by atoms with Gasteiger partial charge in [-0.25, -0.2) is 26.4 Å². The summed E-state index contributed by atoms with van der Waals surface area (Å²) in [5.41, 5.74) is 0.372. The fraction of sp³-hybridized carbons (Fsp3) is 0.391. The Morgan fingerprint density at radius 2 is 2.00 bits per heavy atom. The van der Waals surface area contributed by atoms with E-state index < -0.39 is 32.3 Å². The van der Waals surface area contributed by atoms with E-state index in [9.17, 15) is 17.6 Å². The van der Waals surface area contributed by atoms with Crippen molar-refractivity contribution in [2.24, 2.45) is 0 Å². The summed E-state index contributed by atoms with van der Waals surface area (Å²) in [6.07, 6.45) is 3.97. The second-order valence-corrected chi connectivity index (χ2v) is 11.9. The highest BCUT2D eigenvalue weighted by Crippen LogP contribution is 2.46. The average molecular weight is 507 g/mol. The second kappa shape index (κ2) is 8.08.